The third-order valence-electron chi connectivity index (χ3n) is 6.06. The number of anilines is 3. The van der Waals surface area contributed by atoms with E-state index in [1.807, 2.05) is 20.8 Å². The van der Waals surface area contributed by atoms with Crippen LogP contribution in [-0.2, 0) is 9.59 Å². The smallest absolute Gasteiger partial charge is 0.249 e. The highest BCUT2D eigenvalue weighted by Crippen LogP contribution is 2.40. The van der Waals surface area contributed by atoms with E-state index < -0.39 is 5.41 Å². The lowest BCUT2D eigenvalue weighted by atomic mass is 9.91. The zero-order valence-corrected chi connectivity index (χ0v) is 17.5. The Hall–Kier alpha value is -2.77. The molecule has 1 fully saturated rings. The Balaban J connectivity index is 1.73. The van der Waals surface area contributed by atoms with Gasteiger partial charge in [-0.05, 0) is 39.2 Å². The topological polar surface area (TPSA) is 90.8 Å². The lowest BCUT2D eigenvalue weighted by Crippen LogP contribution is -2.45. The quantitative estimate of drug-likeness (QED) is 0.845. The molecule has 29 heavy (non-hydrogen) atoms. The van der Waals surface area contributed by atoms with Gasteiger partial charge < -0.3 is 15.1 Å². The van der Waals surface area contributed by atoms with E-state index >= 15 is 0 Å². The molecule has 154 valence electrons. The van der Waals surface area contributed by atoms with Crippen molar-refractivity contribution in [2.45, 2.75) is 58.9 Å². The molecule has 1 aromatic rings. The summed E-state index contributed by atoms with van der Waals surface area (Å²) in [5.41, 5.74) is 1.87. The minimum Gasteiger partial charge on any atom is -0.351 e. The molecule has 8 heteroatoms. The first kappa shape index (κ1) is 19.5. The third kappa shape index (κ3) is 3.63. The zero-order chi connectivity index (χ0) is 20.8. The first-order valence-corrected chi connectivity index (χ1v) is 10.2. The van der Waals surface area contributed by atoms with Gasteiger partial charge in [0.1, 0.15) is 5.69 Å². The van der Waals surface area contributed by atoms with Gasteiger partial charge in [-0.25, -0.2) is 9.98 Å². The number of fused-ring (bicyclic) bond motifs is 1. The fraction of sp³-hybridized carbons (Fsp3) is 0.571. The number of carbonyl (C=O) groups excluding carboxylic acids is 2. The molecular formula is C21H28N6O2. The SMILES string of the molecule is CC1=C(Nc2ncc3c(n2)N(C2CCCC2)CC(C)(C)C(=O)N3C)C=NC(=O)C1. The second-order valence-corrected chi connectivity index (χ2v) is 8.86. The summed E-state index contributed by atoms with van der Waals surface area (Å²) < 4.78 is 0. The van der Waals surface area contributed by atoms with Crippen LogP contribution in [0.15, 0.2) is 22.5 Å². The Bertz CT molecular complexity index is 914. The molecular weight excluding hydrogens is 368 g/mol. The fourth-order valence-electron chi connectivity index (χ4n) is 4.40. The molecule has 2 aliphatic heterocycles. The number of amides is 2. The summed E-state index contributed by atoms with van der Waals surface area (Å²) in [6.07, 6.45) is 8.17. The summed E-state index contributed by atoms with van der Waals surface area (Å²) in [6.45, 7) is 6.52. The number of aliphatic imine (C=N–C) groups is 1. The van der Waals surface area contributed by atoms with Crippen molar-refractivity contribution in [1.29, 1.82) is 0 Å². The van der Waals surface area contributed by atoms with Crippen molar-refractivity contribution in [3.8, 4) is 0 Å². The van der Waals surface area contributed by atoms with Crippen molar-refractivity contribution in [3.05, 3.63) is 17.5 Å². The number of rotatable bonds is 3. The van der Waals surface area contributed by atoms with Crippen molar-refractivity contribution in [3.63, 3.8) is 0 Å². The number of hydrogen-bond acceptors (Lipinski definition) is 6. The summed E-state index contributed by atoms with van der Waals surface area (Å²) in [6, 6.07) is 0.380. The predicted octanol–water partition coefficient (Wildman–Crippen LogP) is 2.92. The highest BCUT2D eigenvalue weighted by molar-refractivity contribution is 6.01. The normalized spacial score (nSPS) is 22.2. The van der Waals surface area contributed by atoms with Crippen LogP contribution in [0.5, 0.6) is 0 Å². The van der Waals surface area contributed by atoms with Crippen LogP contribution in [0.1, 0.15) is 52.9 Å². The number of nitrogens with zero attached hydrogens (tertiary/aromatic N) is 5. The highest BCUT2D eigenvalue weighted by atomic mass is 16.2. The monoisotopic (exact) mass is 396 g/mol. The van der Waals surface area contributed by atoms with Gasteiger partial charge in [0.15, 0.2) is 5.82 Å². The van der Waals surface area contributed by atoms with Gasteiger partial charge in [-0.1, -0.05) is 12.8 Å². The average molecular weight is 396 g/mol. The largest absolute Gasteiger partial charge is 0.351 e. The number of allylic oxidation sites excluding steroid dienone is 1. The van der Waals surface area contributed by atoms with Gasteiger partial charge in [0.2, 0.25) is 17.8 Å². The Labute approximate surface area is 171 Å². The molecule has 3 aliphatic rings. The van der Waals surface area contributed by atoms with Gasteiger partial charge >= 0.3 is 0 Å². The van der Waals surface area contributed by atoms with Crippen LogP contribution in [-0.4, -0.2) is 47.6 Å². The molecule has 0 unspecified atom stereocenters. The molecule has 1 saturated carbocycles. The number of hydrogen-bond donors (Lipinski definition) is 1. The van der Waals surface area contributed by atoms with Crippen LogP contribution in [0.4, 0.5) is 17.5 Å². The zero-order valence-electron chi connectivity index (χ0n) is 17.5. The van der Waals surface area contributed by atoms with Crippen molar-refractivity contribution in [1.82, 2.24) is 9.97 Å². The second-order valence-electron chi connectivity index (χ2n) is 8.86. The maximum Gasteiger partial charge on any atom is 0.249 e. The average Bonchev–Trinajstić information content (AvgIpc) is 3.19. The van der Waals surface area contributed by atoms with E-state index in [1.165, 1.54) is 19.1 Å². The fourth-order valence-corrected chi connectivity index (χ4v) is 4.40. The molecule has 0 radical (unpaired) electrons. The summed E-state index contributed by atoms with van der Waals surface area (Å²) in [5, 5.41) is 3.21. The Kier molecular flexibility index (Phi) is 4.88. The number of carbonyl (C=O) groups is 2. The summed E-state index contributed by atoms with van der Waals surface area (Å²) >= 11 is 0. The van der Waals surface area contributed by atoms with Gasteiger partial charge in [0, 0.05) is 19.6 Å². The van der Waals surface area contributed by atoms with Crippen molar-refractivity contribution in [2.75, 3.05) is 28.7 Å². The molecule has 2 amide bonds. The minimum absolute atomic E-state index is 0.0695. The van der Waals surface area contributed by atoms with Crippen LogP contribution in [0.25, 0.3) is 0 Å². The van der Waals surface area contributed by atoms with Gasteiger partial charge in [-0.3, -0.25) is 9.59 Å². The van der Waals surface area contributed by atoms with Gasteiger partial charge in [0.25, 0.3) is 0 Å². The van der Waals surface area contributed by atoms with E-state index in [1.54, 1.807) is 18.1 Å². The van der Waals surface area contributed by atoms with E-state index in [0.29, 0.717) is 25.0 Å². The predicted molar refractivity (Wildman–Crippen MR) is 113 cm³/mol. The maximum atomic E-state index is 13.0. The molecule has 4 rings (SSSR count). The molecule has 0 spiro atoms. The number of aromatic nitrogens is 2. The van der Waals surface area contributed by atoms with Crippen LogP contribution >= 0.6 is 0 Å². The minimum atomic E-state index is -0.513. The summed E-state index contributed by atoms with van der Waals surface area (Å²) in [5.74, 6) is 1.16. The number of dihydropyridines is 1. The van der Waals surface area contributed by atoms with Crippen molar-refractivity contribution in [2.24, 2.45) is 10.4 Å². The lowest BCUT2D eigenvalue weighted by molar-refractivity contribution is -0.125. The van der Waals surface area contributed by atoms with Crippen molar-refractivity contribution < 1.29 is 9.59 Å². The Morgan fingerprint density at radius 1 is 1.21 bits per heavy atom. The standard InChI is InChI=1S/C21H28N6O2/c1-13-9-17(28)22-10-15(13)24-20-23-11-16-18(25-20)27(14-7-5-6-8-14)12-21(2,3)19(29)26(16)4/h10-11,14H,5-9,12H2,1-4H3,(H,23,24,25). The molecule has 3 heterocycles. The molecule has 0 saturated heterocycles. The molecule has 0 aromatic carbocycles. The summed E-state index contributed by atoms with van der Waals surface area (Å²) in [4.78, 5) is 41.7. The number of nitrogens with one attached hydrogen (secondary N) is 1. The molecule has 1 aromatic heterocycles. The molecule has 1 aliphatic carbocycles. The van der Waals surface area contributed by atoms with Gasteiger partial charge in [-0.2, -0.15) is 4.98 Å². The molecule has 1 N–H and O–H groups in total. The van der Waals surface area contributed by atoms with Crippen LogP contribution in [0.3, 0.4) is 0 Å². The van der Waals surface area contributed by atoms with E-state index in [0.717, 1.165) is 35.6 Å². The molecule has 0 atom stereocenters. The third-order valence-corrected chi connectivity index (χ3v) is 6.06. The van der Waals surface area contributed by atoms with E-state index in [2.05, 4.69) is 20.2 Å². The van der Waals surface area contributed by atoms with E-state index in [9.17, 15) is 9.59 Å². The highest BCUT2D eigenvalue weighted by Gasteiger charge is 2.41. The van der Waals surface area contributed by atoms with Gasteiger partial charge in [0.05, 0.1) is 29.9 Å². The second kappa shape index (κ2) is 7.24. The summed E-state index contributed by atoms with van der Waals surface area (Å²) in [7, 11) is 1.80. The molecule has 0 bridgehead atoms. The van der Waals surface area contributed by atoms with Gasteiger partial charge in [-0.15, -0.1) is 0 Å². The molecule has 8 nitrogen and oxygen atoms in total. The van der Waals surface area contributed by atoms with E-state index in [4.69, 9.17) is 4.98 Å². The van der Waals surface area contributed by atoms with E-state index in [-0.39, 0.29) is 11.8 Å². The van der Waals surface area contributed by atoms with Crippen LogP contribution in [0, 0.1) is 5.41 Å². The van der Waals surface area contributed by atoms with Crippen LogP contribution < -0.4 is 15.1 Å². The van der Waals surface area contributed by atoms with Crippen molar-refractivity contribution >= 4 is 35.5 Å². The maximum absolute atomic E-state index is 13.0. The first-order chi connectivity index (χ1) is 13.8. The first-order valence-electron chi connectivity index (χ1n) is 10.2. The van der Waals surface area contributed by atoms with Crippen LogP contribution in [0.2, 0.25) is 0 Å². The Morgan fingerprint density at radius 2 is 1.93 bits per heavy atom. The lowest BCUT2D eigenvalue weighted by Gasteiger charge is -2.34. The Morgan fingerprint density at radius 3 is 2.62 bits per heavy atom.